The van der Waals surface area contributed by atoms with Crippen LogP contribution in [-0.4, -0.2) is 16.0 Å². The van der Waals surface area contributed by atoms with Crippen LogP contribution >= 0.6 is 11.6 Å². The molecule has 0 aliphatic carbocycles. The minimum atomic E-state index is -0.496. The molecule has 0 fully saturated rings. The summed E-state index contributed by atoms with van der Waals surface area (Å²) < 4.78 is 0. The second-order valence-electron chi connectivity index (χ2n) is 6.21. The topological polar surface area (TPSA) is 62.2 Å². The smallest absolute Gasteiger partial charge is 0.220 e. The van der Waals surface area contributed by atoms with Crippen molar-refractivity contribution in [2.75, 3.05) is 0 Å². The van der Waals surface area contributed by atoms with Crippen molar-refractivity contribution in [3.63, 3.8) is 0 Å². The van der Waals surface area contributed by atoms with Crippen LogP contribution in [0.2, 0.25) is 5.02 Å². The number of halogens is 1. The molecule has 1 aromatic heterocycles. The number of carbonyl (C=O) groups is 1. The van der Waals surface area contributed by atoms with Crippen LogP contribution < -0.4 is 5.32 Å². The standard InChI is InChI=1S/C21H21ClN2O2/c1-2-3-11-18(25)24-19(14-8-5-4-6-9-14)16-13-17(22)15-10-7-12-23-20(15)21(16)26/h4-10,12-13,19,26H,2-3,11H2,1H3,(H,24,25). The molecule has 5 heteroatoms. The number of phenolic OH excluding ortho intramolecular Hbond substituents is 1. The van der Waals surface area contributed by atoms with Crippen LogP contribution in [0.3, 0.4) is 0 Å². The van der Waals surface area contributed by atoms with Gasteiger partial charge in [-0.25, -0.2) is 0 Å². The van der Waals surface area contributed by atoms with Crippen molar-refractivity contribution < 1.29 is 9.90 Å². The fraction of sp³-hybridized carbons (Fsp3) is 0.238. The Labute approximate surface area is 157 Å². The number of phenols is 1. The molecule has 26 heavy (non-hydrogen) atoms. The van der Waals surface area contributed by atoms with Crippen molar-refractivity contribution >= 4 is 28.4 Å². The molecular formula is C21H21ClN2O2. The molecule has 0 aliphatic heterocycles. The predicted molar refractivity (Wildman–Crippen MR) is 104 cm³/mol. The highest BCUT2D eigenvalue weighted by molar-refractivity contribution is 6.35. The maximum atomic E-state index is 12.4. The molecule has 1 amide bonds. The van der Waals surface area contributed by atoms with Gasteiger partial charge in [-0.15, -0.1) is 0 Å². The molecule has 3 aromatic rings. The monoisotopic (exact) mass is 368 g/mol. The third kappa shape index (κ3) is 3.81. The number of aromatic hydroxyl groups is 1. The third-order valence-electron chi connectivity index (χ3n) is 4.35. The number of aromatic nitrogens is 1. The van der Waals surface area contributed by atoms with Gasteiger partial charge in [-0.2, -0.15) is 0 Å². The van der Waals surface area contributed by atoms with Gasteiger partial charge in [0.05, 0.1) is 11.1 Å². The third-order valence-corrected chi connectivity index (χ3v) is 4.66. The van der Waals surface area contributed by atoms with Crippen LogP contribution in [0.15, 0.2) is 54.7 Å². The number of benzene rings is 2. The Hall–Kier alpha value is -2.59. The van der Waals surface area contributed by atoms with Gasteiger partial charge in [0.1, 0.15) is 11.3 Å². The summed E-state index contributed by atoms with van der Waals surface area (Å²) in [6, 6.07) is 14.3. The Morgan fingerprint density at radius 2 is 2.00 bits per heavy atom. The van der Waals surface area contributed by atoms with Crippen LogP contribution in [-0.2, 0) is 4.79 Å². The van der Waals surface area contributed by atoms with E-state index in [2.05, 4.69) is 10.3 Å². The molecule has 1 unspecified atom stereocenters. The Kier molecular flexibility index (Phi) is 5.74. The van der Waals surface area contributed by atoms with Gasteiger partial charge in [0.25, 0.3) is 0 Å². The first-order chi connectivity index (χ1) is 12.6. The lowest BCUT2D eigenvalue weighted by molar-refractivity contribution is -0.121. The Morgan fingerprint density at radius 1 is 1.23 bits per heavy atom. The zero-order chi connectivity index (χ0) is 18.5. The SMILES string of the molecule is CCCCC(=O)NC(c1ccccc1)c1cc(Cl)c2cccnc2c1O. The molecule has 0 saturated carbocycles. The van der Waals surface area contributed by atoms with Gasteiger partial charge in [-0.3, -0.25) is 9.78 Å². The molecule has 134 valence electrons. The number of fused-ring (bicyclic) bond motifs is 1. The molecule has 2 aromatic carbocycles. The van der Waals surface area contributed by atoms with E-state index in [1.54, 1.807) is 18.3 Å². The lowest BCUT2D eigenvalue weighted by Gasteiger charge is -2.22. The lowest BCUT2D eigenvalue weighted by atomic mass is 9.96. The first kappa shape index (κ1) is 18.2. The number of pyridine rings is 1. The molecule has 1 atom stereocenters. The highest BCUT2D eigenvalue weighted by Gasteiger charge is 2.23. The van der Waals surface area contributed by atoms with E-state index in [-0.39, 0.29) is 11.7 Å². The van der Waals surface area contributed by atoms with Crippen molar-refractivity contribution in [3.05, 3.63) is 70.9 Å². The summed E-state index contributed by atoms with van der Waals surface area (Å²) in [6.07, 6.45) is 3.82. The Bertz CT molecular complexity index is 913. The van der Waals surface area contributed by atoms with Gasteiger partial charge in [0.15, 0.2) is 0 Å². The Morgan fingerprint density at radius 3 is 2.73 bits per heavy atom. The lowest BCUT2D eigenvalue weighted by Crippen LogP contribution is -2.29. The van der Waals surface area contributed by atoms with Gasteiger partial charge >= 0.3 is 0 Å². The number of hydrogen-bond acceptors (Lipinski definition) is 3. The minimum Gasteiger partial charge on any atom is -0.505 e. The second-order valence-corrected chi connectivity index (χ2v) is 6.62. The molecule has 1 heterocycles. The highest BCUT2D eigenvalue weighted by Crippen LogP contribution is 2.38. The van der Waals surface area contributed by atoms with Crippen LogP contribution in [0, 0.1) is 0 Å². The summed E-state index contributed by atoms with van der Waals surface area (Å²) in [5.41, 5.74) is 1.84. The molecule has 3 rings (SSSR count). The van der Waals surface area contributed by atoms with E-state index in [0.717, 1.165) is 18.4 Å². The summed E-state index contributed by atoms with van der Waals surface area (Å²) >= 11 is 6.42. The normalized spacial score (nSPS) is 12.1. The molecule has 0 bridgehead atoms. The van der Waals surface area contributed by atoms with E-state index in [1.165, 1.54) is 0 Å². The largest absolute Gasteiger partial charge is 0.505 e. The van der Waals surface area contributed by atoms with Crippen molar-refractivity contribution in [2.45, 2.75) is 32.2 Å². The van der Waals surface area contributed by atoms with Crippen LogP contribution in [0.4, 0.5) is 0 Å². The van der Waals surface area contributed by atoms with Gasteiger partial charge in [0.2, 0.25) is 5.91 Å². The molecular weight excluding hydrogens is 348 g/mol. The molecule has 0 radical (unpaired) electrons. The van der Waals surface area contributed by atoms with E-state index in [4.69, 9.17) is 11.6 Å². The molecule has 4 nitrogen and oxygen atoms in total. The first-order valence-electron chi connectivity index (χ1n) is 8.72. The average molecular weight is 369 g/mol. The zero-order valence-corrected chi connectivity index (χ0v) is 15.3. The first-order valence-corrected chi connectivity index (χ1v) is 9.10. The van der Waals surface area contributed by atoms with Gasteiger partial charge < -0.3 is 10.4 Å². The number of nitrogens with zero attached hydrogens (tertiary/aromatic N) is 1. The van der Waals surface area contributed by atoms with Crippen molar-refractivity contribution in [2.24, 2.45) is 0 Å². The fourth-order valence-electron chi connectivity index (χ4n) is 2.98. The number of hydrogen-bond donors (Lipinski definition) is 2. The Balaban J connectivity index is 2.08. The predicted octanol–water partition coefficient (Wildman–Crippen LogP) is 4.99. The molecule has 2 N–H and O–H groups in total. The molecule has 0 spiro atoms. The average Bonchev–Trinajstić information content (AvgIpc) is 2.68. The van der Waals surface area contributed by atoms with Gasteiger partial charge in [0, 0.05) is 23.6 Å². The fourth-order valence-corrected chi connectivity index (χ4v) is 3.25. The second kappa shape index (κ2) is 8.19. The van der Waals surface area contributed by atoms with Crippen molar-refractivity contribution in [1.29, 1.82) is 0 Å². The highest BCUT2D eigenvalue weighted by atomic mass is 35.5. The number of carbonyl (C=O) groups excluding carboxylic acids is 1. The molecule has 0 aliphatic rings. The van der Waals surface area contributed by atoms with Gasteiger partial charge in [-0.1, -0.05) is 55.3 Å². The maximum Gasteiger partial charge on any atom is 0.220 e. The van der Waals surface area contributed by atoms with Crippen LogP contribution in [0.5, 0.6) is 5.75 Å². The van der Waals surface area contributed by atoms with E-state index in [9.17, 15) is 9.90 Å². The quantitative estimate of drug-likeness (QED) is 0.644. The summed E-state index contributed by atoms with van der Waals surface area (Å²) in [7, 11) is 0. The summed E-state index contributed by atoms with van der Waals surface area (Å²) in [4.78, 5) is 16.6. The van der Waals surface area contributed by atoms with E-state index in [1.807, 2.05) is 43.3 Å². The number of unbranched alkanes of at least 4 members (excludes halogenated alkanes) is 1. The van der Waals surface area contributed by atoms with Crippen LogP contribution in [0.1, 0.15) is 43.4 Å². The van der Waals surface area contributed by atoms with Gasteiger partial charge in [-0.05, 0) is 30.2 Å². The van der Waals surface area contributed by atoms with Crippen LogP contribution in [0.25, 0.3) is 10.9 Å². The summed E-state index contributed by atoms with van der Waals surface area (Å²) in [5, 5.41) is 15.0. The zero-order valence-electron chi connectivity index (χ0n) is 14.6. The minimum absolute atomic E-state index is 0.0367. The number of nitrogens with one attached hydrogen (secondary N) is 1. The number of amides is 1. The number of rotatable bonds is 6. The summed E-state index contributed by atoms with van der Waals surface area (Å²) in [6.45, 7) is 2.04. The van der Waals surface area contributed by atoms with Crippen molar-refractivity contribution in [3.8, 4) is 5.75 Å². The van der Waals surface area contributed by atoms with E-state index in [0.29, 0.717) is 27.9 Å². The van der Waals surface area contributed by atoms with Crippen molar-refractivity contribution in [1.82, 2.24) is 10.3 Å². The molecule has 0 saturated heterocycles. The van der Waals surface area contributed by atoms with E-state index < -0.39 is 6.04 Å². The van der Waals surface area contributed by atoms with E-state index >= 15 is 0 Å². The maximum absolute atomic E-state index is 12.4. The summed E-state index contributed by atoms with van der Waals surface area (Å²) in [5.74, 6) is -0.0213.